The third kappa shape index (κ3) is 5.72. The van der Waals surface area contributed by atoms with Gasteiger partial charge in [0.1, 0.15) is 5.78 Å². The van der Waals surface area contributed by atoms with Crippen molar-refractivity contribution in [1.29, 1.82) is 0 Å². The van der Waals surface area contributed by atoms with E-state index in [1.165, 1.54) is 22.3 Å². The highest BCUT2D eigenvalue weighted by Gasteiger charge is 2.44. The summed E-state index contributed by atoms with van der Waals surface area (Å²) in [6.07, 6.45) is 5.80. The monoisotopic (exact) mass is 511 g/mol. The summed E-state index contributed by atoms with van der Waals surface area (Å²) in [4.78, 5) is 11.7. The highest BCUT2D eigenvalue weighted by atomic mass is 35.5. The number of halogens is 1. The first-order valence-electron chi connectivity index (χ1n) is 13.2. The minimum Gasteiger partial charge on any atom is -0.356 e. The van der Waals surface area contributed by atoms with E-state index in [4.69, 9.17) is 16.1 Å². The number of hydrogen-bond acceptors (Lipinski definition) is 3. The van der Waals surface area contributed by atoms with Gasteiger partial charge in [0.2, 0.25) is 0 Å². The van der Waals surface area contributed by atoms with E-state index in [0.717, 1.165) is 59.7 Å². The zero-order chi connectivity index (χ0) is 26.0. The lowest BCUT2D eigenvalue weighted by Gasteiger charge is -2.14. The fourth-order valence-electron chi connectivity index (χ4n) is 5.43. The number of benzene rings is 3. The molecule has 1 fully saturated rings. The number of ketones is 1. The molecule has 5 rings (SSSR count). The second kappa shape index (κ2) is 10.7. The van der Waals surface area contributed by atoms with Crippen molar-refractivity contribution in [2.75, 3.05) is 0 Å². The Kier molecular flexibility index (Phi) is 7.35. The fraction of sp³-hybridized carbons (Fsp3) is 0.333. The zero-order valence-corrected chi connectivity index (χ0v) is 22.6. The van der Waals surface area contributed by atoms with Crippen LogP contribution in [0.15, 0.2) is 77.3 Å². The molecule has 1 aliphatic carbocycles. The summed E-state index contributed by atoms with van der Waals surface area (Å²) >= 11 is 6.35. The number of aryl methyl sites for hydroxylation is 2. The summed E-state index contributed by atoms with van der Waals surface area (Å²) in [6.45, 7) is 6.00. The van der Waals surface area contributed by atoms with Crippen molar-refractivity contribution in [1.82, 2.24) is 5.16 Å². The van der Waals surface area contributed by atoms with Crippen LogP contribution in [0.3, 0.4) is 0 Å². The van der Waals surface area contributed by atoms with Gasteiger partial charge in [0.15, 0.2) is 5.76 Å². The number of nitrogens with zero attached hydrogens (tertiary/aromatic N) is 1. The van der Waals surface area contributed by atoms with Crippen LogP contribution in [0.5, 0.6) is 0 Å². The maximum atomic E-state index is 11.7. The molecule has 0 radical (unpaired) electrons. The standard InChI is InChI=1S/C33H34ClNO2/c1-22(8-9-27-6-4-5-7-31(27)34)20-30-24(3)35-37-32(30)28-12-10-25(11-13-28)26-14-16-29(17-15-26)33(18-19-33)21-23(2)36/h4-7,10-17,22H,8-9,18-21H2,1-3H3. The van der Waals surface area contributed by atoms with Gasteiger partial charge in [-0.1, -0.05) is 90.4 Å². The first-order valence-corrected chi connectivity index (χ1v) is 13.6. The summed E-state index contributed by atoms with van der Waals surface area (Å²) in [7, 11) is 0. The zero-order valence-electron chi connectivity index (χ0n) is 21.9. The number of carbonyl (C=O) groups is 1. The van der Waals surface area contributed by atoms with Crippen molar-refractivity contribution in [2.45, 2.75) is 64.7 Å². The van der Waals surface area contributed by atoms with Gasteiger partial charge in [-0.15, -0.1) is 0 Å². The quantitative estimate of drug-likeness (QED) is 0.213. The Morgan fingerprint density at radius 2 is 1.59 bits per heavy atom. The second-order valence-electron chi connectivity index (χ2n) is 10.8. The summed E-state index contributed by atoms with van der Waals surface area (Å²) in [5, 5.41) is 5.14. The third-order valence-electron chi connectivity index (χ3n) is 7.82. The second-order valence-corrected chi connectivity index (χ2v) is 11.2. The van der Waals surface area contributed by atoms with Crippen LogP contribution in [-0.4, -0.2) is 10.9 Å². The maximum Gasteiger partial charge on any atom is 0.170 e. The van der Waals surface area contributed by atoms with E-state index in [-0.39, 0.29) is 11.2 Å². The molecule has 1 aliphatic rings. The van der Waals surface area contributed by atoms with Crippen LogP contribution in [0.4, 0.5) is 0 Å². The Hall–Kier alpha value is -3.17. The van der Waals surface area contributed by atoms with Crippen molar-refractivity contribution in [3.8, 4) is 22.5 Å². The molecule has 0 N–H and O–H groups in total. The molecule has 0 spiro atoms. The predicted octanol–water partition coefficient (Wildman–Crippen LogP) is 8.79. The van der Waals surface area contributed by atoms with Crippen LogP contribution in [0, 0.1) is 12.8 Å². The number of rotatable bonds is 10. The maximum absolute atomic E-state index is 11.7. The van der Waals surface area contributed by atoms with Crippen molar-refractivity contribution >= 4 is 17.4 Å². The third-order valence-corrected chi connectivity index (χ3v) is 8.19. The average Bonchev–Trinajstić information content (AvgIpc) is 3.59. The molecular formula is C33H34ClNO2. The van der Waals surface area contributed by atoms with Crippen LogP contribution in [0.2, 0.25) is 5.02 Å². The Morgan fingerprint density at radius 3 is 2.22 bits per heavy atom. The largest absolute Gasteiger partial charge is 0.356 e. The molecule has 1 aromatic heterocycles. The van der Waals surface area contributed by atoms with Gasteiger partial charge in [-0.2, -0.15) is 0 Å². The van der Waals surface area contributed by atoms with Crippen molar-refractivity contribution in [2.24, 2.45) is 5.92 Å². The molecule has 1 unspecified atom stereocenters. The minimum absolute atomic E-state index is 0.0826. The SMILES string of the molecule is CC(=O)CC1(c2ccc(-c3ccc(-c4onc(C)c4CC(C)CCc4ccccc4Cl)cc3)cc2)CC1. The molecule has 190 valence electrons. The minimum atomic E-state index is 0.0826. The van der Waals surface area contributed by atoms with E-state index in [1.54, 1.807) is 6.92 Å². The molecule has 1 heterocycles. The van der Waals surface area contributed by atoms with Gasteiger partial charge in [0.05, 0.1) is 5.69 Å². The van der Waals surface area contributed by atoms with E-state index in [0.29, 0.717) is 12.3 Å². The Bertz CT molecular complexity index is 1380. The van der Waals surface area contributed by atoms with Gasteiger partial charge in [0.25, 0.3) is 0 Å². The first-order chi connectivity index (χ1) is 17.8. The van der Waals surface area contributed by atoms with E-state index in [9.17, 15) is 4.79 Å². The number of hydrogen-bond donors (Lipinski definition) is 0. The number of carbonyl (C=O) groups excluding carboxylic acids is 1. The van der Waals surface area contributed by atoms with E-state index < -0.39 is 0 Å². The van der Waals surface area contributed by atoms with Crippen molar-refractivity contribution < 1.29 is 9.32 Å². The summed E-state index contributed by atoms with van der Waals surface area (Å²) < 4.78 is 5.80. The lowest BCUT2D eigenvalue weighted by molar-refractivity contribution is -0.117. The van der Waals surface area contributed by atoms with Gasteiger partial charge in [-0.3, -0.25) is 4.79 Å². The highest BCUT2D eigenvalue weighted by molar-refractivity contribution is 6.31. The molecule has 1 saturated carbocycles. The molecule has 4 heteroatoms. The molecule has 0 aliphatic heterocycles. The molecule has 0 bridgehead atoms. The molecule has 1 atom stereocenters. The first kappa shape index (κ1) is 25.5. The number of Topliss-reactive ketones (excluding diaryl/α,β-unsaturated/α-hetero) is 1. The molecule has 0 saturated heterocycles. The number of aromatic nitrogens is 1. The van der Waals surface area contributed by atoms with Crippen LogP contribution >= 0.6 is 11.6 Å². The van der Waals surface area contributed by atoms with Crippen LogP contribution in [0.1, 0.15) is 61.9 Å². The van der Waals surface area contributed by atoms with Crippen molar-refractivity contribution in [3.05, 3.63) is 100 Å². The Morgan fingerprint density at radius 1 is 0.973 bits per heavy atom. The van der Waals surface area contributed by atoms with E-state index in [1.807, 2.05) is 25.1 Å². The van der Waals surface area contributed by atoms with Crippen molar-refractivity contribution in [3.63, 3.8) is 0 Å². The average molecular weight is 512 g/mol. The van der Waals surface area contributed by atoms with Crippen LogP contribution < -0.4 is 0 Å². The topological polar surface area (TPSA) is 43.1 Å². The molecule has 4 aromatic rings. The van der Waals surface area contributed by atoms with Crippen LogP contribution in [0.25, 0.3) is 22.5 Å². The molecule has 3 nitrogen and oxygen atoms in total. The van der Waals surface area contributed by atoms with E-state index in [2.05, 4.69) is 66.7 Å². The highest BCUT2D eigenvalue weighted by Crippen LogP contribution is 2.51. The van der Waals surface area contributed by atoms with Gasteiger partial charge in [-0.25, -0.2) is 0 Å². The molecular weight excluding hydrogens is 478 g/mol. The molecule has 3 aromatic carbocycles. The van der Waals surface area contributed by atoms with Gasteiger partial charge in [-0.05, 0) is 80.2 Å². The Balaban J connectivity index is 1.27. The lowest BCUT2D eigenvalue weighted by Crippen LogP contribution is -2.11. The van der Waals surface area contributed by atoms with Crippen LogP contribution in [-0.2, 0) is 23.1 Å². The normalized spacial score (nSPS) is 14.9. The fourth-order valence-corrected chi connectivity index (χ4v) is 5.66. The van der Waals surface area contributed by atoms with E-state index >= 15 is 0 Å². The smallest absolute Gasteiger partial charge is 0.170 e. The van der Waals surface area contributed by atoms with Gasteiger partial charge >= 0.3 is 0 Å². The summed E-state index contributed by atoms with van der Waals surface area (Å²) in [5.74, 6) is 1.61. The summed E-state index contributed by atoms with van der Waals surface area (Å²) in [5.41, 5.74) is 8.10. The lowest BCUT2D eigenvalue weighted by atomic mass is 9.89. The van der Waals surface area contributed by atoms with Gasteiger partial charge < -0.3 is 4.52 Å². The Labute approximate surface area is 224 Å². The summed E-state index contributed by atoms with van der Waals surface area (Å²) in [6, 6.07) is 25.4. The predicted molar refractivity (Wildman–Crippen MR) is 151 cm³/mol. The van der Waals surface area contributed by atoms with Gasteiger partial charge in [0, 0.05) is 28.0 Å². The molecule has 0 amide bonds. The molecule has 37 heavy (non-hydrogen) atoms.